The lowest BCUT2D eigenvalue weighted by molar-refractivity contribution is 0.174. The van der Waals surface area contributed by atoms with E-state index in [1.807, 2.05) is 14.1 Å². The third-order valence-corrected chi connectivity index (χ3v) is 5.72. The van der Waals surface area contributed by atoms with E-state index in [-0.39, 0.29) is 10.8 Å². The van der Waals surface area contributed by atoms with Crippen LogP contribution in [0.1, 0.15) is 0 Å². The monoisotopic (exact) mass is 316 g/mol. The van der Waals surface area contributed by atoms with Gasteiger partial charge in [-0.25, -0.2) is 13.4 Å². The molecule has 0 amide bonds. The summed E-state index contributed by atoms with van der Waals surface area (Å²) in [7, 11) is 2.15. The number of nitrogens with zero attached hydrogens (tertiary/aromatic N) is 5. The molecule has 2 N–H and O–H groups in total. The Morgan fingerprint density at radius 1 is 1.29 bits per heavy atom. The number of aryl methyl sites for hydroxylation is 1. The molecule has 0 atom stereocenters. The van der Waals surface area contributed by atoms with Crippen LogP contribution in [0.5, 0.6) is 0 Å². The molecule has 21 heavy (non-hydrogen) atoms. The van der Waals surface area contributed by atoms with Crippen molar-refractivity contribution in [1.82, 2.24) is 23.7 Å². The van der Waals surface area contributed by atoms with Gasteiger partial charge in [0.15, 0.2) is 10.8 Å². The van der Waals surface area contributed by atoms with Crippen molar-refractivity contribution in [2.24, 2.45) is 7.05 Å². The molecule has 0 radical (unpaired) electrons. The molecular weight excluding hydrogens is 292 g/mol. The van der Waals surface area contributed by atoms with E-state index >= 15 is 0 Å². The number of hydrogen-bond donors (Lipinski definition) is 1. The zero-order valence-corrected chi connectivity index (χ0v) is 13.7. The van der Waals surface area contributed by atoms with Crippen LogP contribution in [0.2, 0.25) is 0 Å². The Hall–Kier alpha value is -1.16. The molecule has 0 aliphatic carbocycles. The van der Waals surface area contributed by atoms with E-state index < -0.39 is 10.0 Å². The highest BCUT2D eigenvalue weighted by Crippen LogP contribution is 2.21. The van der Waals surface area contributed by atoms with Gasteiger partial charge in [-0.2, -0.15) is 4.31 Å². The maximum atomic E-state index is 12.6. The van der Waals surface area contributed by atoms with Gasteiger partial charge in [0.2, 0.25) is 0 Å². The molecular formula is C12H24N6O2S. The number of anilines is 1. The minimum absolute atomic E-state index is 0.0625. The zero-order chi connectivity index (χ0) is 15.6. The molecule has 1 aromatic rings. The summed E-state index contributed by atoms with van der Waals surface area (Å²) in [5, 5.41) is 0.0873. The van der Waals surface area contributed by atoms with Crippen molar-refractivity contribution in [2.45, 2.75) is 5.03 Å². The molecule has 1 fully saturated rings. The summed E-state index contributed by atoms with van der Waals surface area (Å²) in [4.78, 5) is 8.26. The normalized spacial score (nSPS) is 18.5. The molecule has 1 saturated heterocycles. The summed E-state index contributed by atoms with van der Waals surface area (Å²) in [5.74, 6) is 0.0625. The van der Waals surface area contributed by atoms with Crippen molar-refractivity contribution in [3.8, 4) is 0 Å². The van der Waals surface area contributed by atoms with Gasteiger partial charge in [0.05, 0.1) is 6.33 Å². The fourth-order valence-corrected chi connectivity index (χ4v) is 4.03. The Kier molecular flexibility index (Phi) is 4.87. The molecule has 9 heteroatoms. The largest absolute Gasteiger partial charge is 0.381 e. The van der Waals surface area contributed by atoms with Gasteiger partial charge in [-0.3, -0.25) is 4.90 Å². The number of aromatic nitrogens is 2. The van der Waals surface area contributed by atoms with E-state index in [2.05, 4.69) is 14.8 Å². The molecule has 1 aromatic heterocycles. The van der Waals surface area contributed by atoms with Crippen LogP contribution in [0.3, 0.4) is 0 Å². The zero-order valence-electron chi connectivity index (χ0n) is 12.9. The standard InChI is InChI=1S/C12H24N6O2S/c1-15(2)4-5-17-6-8-18(9-7-17)21(19,20)12-11(13)14-10-16(12)3/h10H,4-9,13H2,1-3H3. The Morgan fingerprint density at radius 2 is 1.90 bits per heavy atom. The summed E-state index contributed by atoms with van der Waals surface area (Å²) in [6.45, 7) is 4.38. The van der Waals surface area contributed by atoms with Crippen LogP contribution in [-0.2, 0) is 17.1 Å². The first-order chi connectivity index (χ1) is 9.82. The average molecular weight is 316 g/mol. The minimum atomic E-state index is -3.56. The summed E-state index contributed by atoms with van der Waals surface area (Å²) < 4.78 is 28.2. The molecule has 0 unspecified atom stereocenters. The van der Waals surface area contributed by atoms with Crippen LogP contribution in [0, 0.1) is 0 Å². The summed E-state index contributed by atoms with van der Waals surface area (Å²) in [6, 6.07) is 0. The van der Waals surface area contributed by atoms with Gasteiger partial charge in [0.1, 0.15) is 0 Å². The molecule has 2 heterocycles. The van der Waals surface area contributed by atoms with Crippen LogP contribution in [-0.4, -0.2) is 85.4 Å². The fourth-order valence-electron chi connectivity index (χ4n) is 2.41. The lowest BCUT2D eigenvalue weighted by Gasteiger charge is -2.34. The second-order valence-electron chi connectivity index (χ2n) is 5.59. The van der Waals surface area contributed by atoms with Crippen molar-refractivity contribution in [1.29, 1.82) is 0 Å². The Balaban J connectivity index is 2.02. The predicted octanol–water partition coefficient (Wildman–Crippen LogP) is -1.13. The predicted molar refractivity (Wildman–Crippen MR) is 81.4 cm³/mol. The van der Waals surface area contributed by atoms with E-state index in [1.54, 1.807) is 7.05 Å². The van der Waals surface area contributed by atoms with Crippen molar-refractivity contribution in [2.75, 3.05) is 59.1 Å². The van der Waals surface area contributed by atoms with E-state index in [0.717, 1.165) is 26.2 Å². The highest BCUT2D eigenvalue weighted by Gasteiger charge is 2.32. The second kappa shape index (κ2) is 6.30. The molecule has 120 valence electrons. The van der Waals surface area contributed by atoms with E-state index in [4.69, 9.17) is 5.73 Å². The van der Waals surface area contributed by atoms with E-state index in [9.17, 15) is 8.42 Å². The van der Waals surface area contributed by atoms with Crippen molar-refractivity contribution in [3.05, 3.63) is 6.33 Å². The van der Waals surface area contributed by atoms with Gasteiger partial charge in [-0.1, -0.05) is 0 Å². The maximum Gasteiger partial charge on any atom is 0.262 e. The number of likely N-dealkylation sites (N-methyl/N-ethyl adjacent to an activating group) is 1. The Labute approximate surface area is 126 Å². The number of rotatable bonds is 5. The van der Waals surface area contributed by atoms with Gasteiger partial charge < -0.3 is 15.2 Å². The number of nitrogens with two attached hydrogens (primary N) is 1. The van der Waals surface area contributed by atoms with E-state index in [1.165, 1.54) is 15.2 Å². The fraction of sp³-hybridized carbons (Fsp3) is 0.750. The molecule has 0 bridgehead atoms. The molecule has 8 nitrogen and oxygen atoms in total. The summed E-state index contributed by atoms with van der Waals surface area (Å²) in [5.41, 5.74) is 5.69. The van der Waals surface area contributed by atoms with Crippen LogP contribution >= 0.6 is 0 Å². The summed E-state index contributed by atoms with van der Waals surface area (Å²) in [6.07, 6.45) is 1.43. The quantitative estimate of drug-likeness (QED) is 0.740. The molecule has 2 rings (SSSR count). The molecule has 0 saturated carbocycles. The lowest BCUT2D eigenvalue weighted by atomic mass is 10.3. The van der Waals surface area contributed by atoms with E-state index in [0.29, 0.717) is 13.1 Å². The second-order valence-corrected chi connectivity index (χ2v) is 7.45. The smallest absolute Gasteiger partial charge is 0.262 e. The van der Waals surface area contributed by atoms with Crippen molar-refractivity contribution in [3.63, 3.8) is 0 Å². The third kappa shape index (κ3) is 3.54. The Bertz CT molecular complexity index is 555. The van der Waals surface area contributed by atoms with Crippen molar-refractivity contribution < 1.29 is 8.42 Å². The van der Waals surface area contributed by atoms with Gasteiger partial charge in [0, 0.05) is 46.3 Å². The first-order valence-electron chi connectivity index (χ1n) is 6.96. The molecule has 0 aromatic carbocycles. The number of imidazole rings is 1. The topological polar surface area (TPSA) is 87.7 Å². The first kappa shape index (κ1) is 16.2. The number of nitrogen functional groups attached to an aromatic ring is 1. The van der Waals surface area contributed by atoms with Crippen LogP contribution in [0.15, 0.2) is 11.4 Å². The van der Waals surface area contributed by atoms with Gasteiger partial charge in [-0.15, -0.1) is 0 Å². The van der Waals surface area contributed by atoms with Gasteiger partial charge in [0.25, 0.3) is 10.0 Å². The highest BCUT2D eigenvalue weighted by molar-refractivity contribution is 7.89. The highest BCUT2D eigenvalue weighted by atomic mass is 32.2. The molecule has 0 spiro atoms. The van der Waals surface area contributed by atoms with Crippen LogP contribution in [0.25, 0.3) is 0 Å². The average Bonchev–Trinajstić information content (AvgIpc) is 2.77. The molecule has 1 aliphatic heterocycles. The van der Waals surface area contributed by atoms with Crippen molar-refractivity contribution >= 4 is 15.8 Å². The number of piperazine rings is 1. The Morgan fingerprint density at radius 3 is 2.38 bits per heavy atom. The van der Waals surface area contributed by atoms with Crippen LogP contribution < -0.4 is 5.73 Å². The van der Waals surface area contributed by atoms with Gasteiger partial charge >= 0.3 is 0 Å². The SMILES string of the molecule is CN(C)CCN1CCN(S(=O)(=O)c2c(N)ncn2C)CC1. The van der Waals surface area contributed by atoms with Crippen LogP contribution in [0.4, 0.5) is 5.82 Å². The third-order valence-electron chi connectivity index (χ3n) is 3.69. The first-order valence-corrected chi connectivity index (χ1v) is 8.40. The number of sulfonamides is 1. The summed E-state index contributed by atoms with van der Waals surface area (Å²) >= 11 is 0. The maximum absolute atomic E-state index is 12.6. The number of hydrogen-bond acceptors (Lipinski definition) is 6. The van der Waals surface area contributed by atoms with Gasteiger partial charge in [-0.05, 0) is 14.1 Å². The molecule has 1 aliphatic rings. The minimum Gasteiger partial charge on any atom is -0.381 e. The lowest BCUT2D eigenvalue weighted by Crippen LogP contribution is -2.50.